The molecule has 0 spiro atoms. The van der Waals surface area contributed by atoms with Gasteiger partial charge >= 0.3 is 0 Å². The van der Waals surface area contributed by atoms with Gasteiger partial charge in [-0.1, -0.05) is 38.2 Å². The highest BCUT2D eigenvalue weighted by molar-refractivity contribution is 5.31. The molecule has 0 bridgehead atoms. The van der Waals surface area contributed by atoms with Crippen molar-refractivity contribution in [3.8, 4) is 0 Å². The molecule has 0 saturated carbocycles. The summed E-state index contributed by atoms with van der Waals surface area (Å²) in [6.45, 7) is 6.57. The summed E-state index contributed by atoms with van der Waals surface area (Å²) in [7, 11) is 1.72. The van der Waals surface area contributed by atoms with Gasteiger partial charge in [0, 0.05) is 13.7 Å². The van der Waals surface area contributed by atoms with Crippen molar-refractivity contribution in [1.29, 1.82) is 0 Å². The van der Waals surface area contributed by atoms with E-state index in [9.17, 15) is 0 Å². The maximum Gasteiger partial charge on any atom is 0.0712 e. The Hall–Kier alpha value is -0.860. The fourth-order valence-corrected chi connectivity index (χ4v) is 1.51. The molecule has 0 aromatic carbocycles. The molecule has 0 aromatic rings. The Morgan fingerprint density at radius 3 is 2.75 bits per heavy atom. The Morgan fingerprint density at radius 2 is 2.06 bits per heavy atom. The average molecular weight is 222 g/mol. The fourth-order valence-electron chi connectivity index (χ4n) is 1.51. The summed E-state index contributed by atoms with van der Waals surface area (Å²) in [5.74, 6) is 0.599. The highest BCUT2D eigenvalue weighted by Crippen LogP contribution is 2.12. The molecule has 0 saturated heterocycles. The van der Waals surface area contributed by atoms with Gasteiger partial charge in [-0.2, -0.15) is 0 Å². The number of methoxy groups -OCH3 is 1. The molecule has 2 nitrogen and oxygen atoms in total. The van der Waals surface area contributed by atoms with Gasteiger partial charge in [0.15, 0.2) is 0 Å². The van der Waals surface area contributed by atoms with E-state index in [0.29, 0.717) is 12.5 Å². The van der Waals surface area contributed by atoms with E-state index in [1.165, 1.54) is 11.1 Å². The zero-order chi connectivity index (χ0) is 11.8. The number of allylic oxidation sites excluding steroid dienone is 3. The van der Waals surface area contributed by atoms with Crippen LogP contribution in [0.15, 0.2) is 35.5 Å². The minimum Gasteiger partial charge on any atom is -0.380 e. The van der Waals surface area contributed by atoms with Crippen molar-refractivity contribution in [3.05, 3.63) is 35.5 Å². The van der Waals surface area contributed by atoms with Crippen LogP contribution in [0, 0.1) is 5.92 Å². The van der Waals surface area contributed by atoms with E-state index < -0.39 is 0 Å². The molecule has 90 valence electrons. The van der Waals surface area contributed by atoms with Crippen molar-refractivity contribution in [1.82, 2.24) is 0 Å². The summed E-state index contributed by atoms with van der Waals surface area (Å²) < 4.78 is 10.7. The lowest BCUT2D eigenvalue weighted by Crippen LogP contribution is -2.04. The van der Waals surface area contributed by atoms with E-state index in [2.05, 4.69) is 38.2 Å². The first-order valence-corrected chi connectivity index (χ1v) is 5.84. The lowest BCUT2D eigenvalue weighted by atomic mass is 10.2. The maximum absolute atomic E-state index is 5.62. The summed E-state index contributed by atoms with van der Waals surface area (Å²) in [6.07, 6.45) is 9.52. The zero-order valence-corrected chi connectivity index (χ0v) is 10.5. The second-order valence-corrected chi connectivity index (χ2v) is 4.51. The van der Waals surface area contributed by atoms with E-state index in [-0.39, 0.29) is 0 Å². The Balaban J connectivity index is 2.40. The molecule has 0 atom stereocenters. The molecule has 16 heavy (non-hydrogen) atoms. The third-order valence-electron chi connectivity index (χ3n) is 2.29. The number of ether oxygens (including phenoxy) is 2. The Labute approximate surface area is 98.6 Å². The van der Waals surface area contributed by atoms with Crippen molar-refractivity contribution in [2.24, 2.45) is 5.92 Å². The fraction of sp³-hybridized carbons (Fsp3) is 0.571. The van der Waals surface area contributed by atoms with Crippen LogP contribution in [0.4, 0.5) is 0 Å². The predicted octanol–water partition coefficient (Wildman–Crippen LogP) is 3.12. The van der Waals surface area contributed by atoms with Crippen LogP contribution in [-0.2, 0) is 9.47 Å². The maximum atomic E-state index is 5.62. The van der Waals surface area contributed by atoms with Crippen molar-refractivity contribution >= 4 is 0 Å². The zero-order valence-electron chi connectivity index (χ0n) is 10.5. The van der Waals surface area contributed by atoms with Gasteiger partial charge in [0.25, 0.3) is 0 Å². The predicted molar refractivity (Wildman–Crippen MR) is 67.5 cm³/mol. The highest BCUT2D eigenvalue weighted by Gasteiger charge is 2.01. The standard InChI is InChI=1S/C14H22O2/c1-12(2)9-16-11-14-6-4-5-13(7-8-14)10-15-3/h4-5,7-8,12H,6,9-11H2,1-3H3. The minimum atomic E-state index is 0.599. The quantitative estimate of drug-likeness (QED) is 0.687. The molecule has 0 fully saturated rings. The van der Waals surface area contributed by atoms with Crippen LogP contribution in [0.3, 0.4) is 0 Å². The van der Waals surface area contributed by atoms with Crippen molar-refractivity contribution in [3.63, 3.8) is 0 Å². The van der Waals surface area contributed by atoms with Crippen LogP contribution in [0.5, 0.6) is 0 Å². The SMILES string of the molecule is COCC1=CC=C(COCC(C)C)CC=C1. The van der Waals surface area contributed by atoms with Crippen LogP contribution in [0.25, 0.3) is 0 Å². The molecule has 0 heterocycles. The van der Waals surface area contributed by atoms with Gasteiger partial charge in [0.1, 0.15) is 0 Å². The molecule has 0 radical (unpaired) electrons. The Morgan fingerprint density at radius 1 is 1.25 bits per heavy atom. The molecule has 2 heteroatoms. The van der Waals surface area contributed by atoms with E-state index in [4.69, 9.17) is 9.47 Å². The molecular weight excluding hydrogens is 200 g/mol. The van der Waals surface area contributed by atoms with Crippen molar-refractivity contribution < 1.29 is 9.47 Å². The second-order valence-electron chi connectivity index (χ2n) is 4.51. The van der Waals surface area contributed by atoms with Crippen molar-refractivity contribution in [2.75, 3.05) is 26.9 Å². The highest BCUT2D eigenvalue weighted by atomic mass is 16.5. The van der Waals surface area contributed by atoms with E-state index in [1.54, 1.807) is 7.11 Å². The molecule has 0 aromatic heterocycles. The molecule has 0 unspecified atom stereocenters. The normalized spacial score (nSPS) is 16.0. The van der Waals surface area contributed by atoms with Crippen LogP contribution in [-0.4, -0.2) is 26.9 Å². The van der Waals surface area contributed by atoms with Crippen LogP contribution < -0.4 is 0 Å². The van der Waals surface area contributed by atoms with Crippen molar-refractivity contribution in [2.45, 2.75) is 20.3 Å². The Kier molecular flexibility index (Phi) is 6.12. The van der Waals surface area contributed by atoms with Gasteiger partial charge < -0.3 is 9.47 Å². The first-order chi connectivity index (χ1) is 7.72. The van der Waals surface area contributed by atoms with E-state index in [0.717, 1.165) is 19.6 Å². The van der Waals surface area contributed by atoms with Gasteiger partial charge in [0.2, 0.25) is 0 Å². The number of hydrogen-bond donors (Lipinski definition) is 0. The molecule has 0 aliphatic heterocycles. The van der Waals surface area contributed by atoms with E-state index in [1.807, 2.05) is 0 Å². The average Bonchev–Trinajstić information content (AvgIpc) is 2.44. The largest absolute Gasteiger partial charge is 0.380 e. The van der Waals surface area contributed by atoms with Gasteiger partial charge in [-0.15, -0.1) is 0 Å². The molecule has 1 aliphatic rings. The minimum absolute atomic E-state index is 0.599. The van der Waals surface area contributed by atoms with Gasteiger partial charge in [-0.25, -0.2) is 0 Å². The smallest absolute Gasteiger partial charge is 0.0712 e. The van der Waals surface area contributed by atoms with Gasteiger partial charge in [-0.05, 0) is 23.5 Å². The topological polar surface area (TPSA) is 18.5 Å². The molecular formula is C14H22O2. The summed E-state index contributed by atoms with van der Waals surface area (Å²) in [4.78, 5) is 0. The molecule has 0 amide bonds. The first-order valence-electron chi connectivity index (χ1n) is 5.84. The second kappa shape index (κ2) is 7.42. The number of hydrogen-bond acceptors (Lipinski definition) is 2. The summed E-state index contributed by atoms with van der Waals surface area (Å²) >= 11 is 0. The monoisotopic (exact) mass is 222 g/mol. The number of rotatable bonds is 6. The molecule has 0 N–H and O–H groups in total. The third kappa shape index (κ3) is 5.29. The van der Waals surface area contributed by atoms with Crippen LogP contribution in [0.2, 0.25) is 0 Å². The van der Waals surface area contributed by atoms with Crippen LogP contribution >= 0.6 is 0 Å². The summed E-state index contributed by atoms with van der Waals surface area (Å²) in [6, 6.07) is 0. The third-order valence-corrected chi connectivity index (χ3v) is 2.29. The lowest BCUT2D eigenvalue weighted by molar-refractivity contribution is 0.128. The summed E-state index contributed by atoms with van der Waals surface area (Å²) in [5, 5.41) is 0. The molecule has 1 rings (SSSR count). The molecule has 1 aliphatic carbocycles. The van der Waals surface area contributed by atoms with Gasteiger partial charge in [0.05, 0.1) is 13.2 Å². The lowest BCUT2D eigenvalue weighted by Gasteiger charge is -2.07. The van der Waals surface area contributed by atoms with Crippen LogP contribution in [0.1, 0.15) is 20.3 Å². The first kappa shape index (κ1) is 13.2. The Bertz CT molecular complexity index is 285. The van der Waals surface area contributed by atoms with Gasteiger partial charge in [-0.3, -0.25) is 0 Å². The van der Waals surface area contributed by atoms with E-state index >= 15 is 0 Å². The summed E-state index contributed by atoms with van der Waals surface area (Å²) in [5.41, 5.74) is 2.53.